The molecule has 0 bridgehead atoms. The summed E-state index contributed by atoms with van der Waals surface area (Å²) < 4.78 is 33.4. The molecule has 0 saturated carbocycles. The number of phenolic OH excluding ortho intramolecular Hbond substituents is 1. The van der Waals surface area contributed by atoms with E-state index in [1.165, 1.54) is 12.1 Å². The summed E-state index contributed by atoms with van der Waals surface area (Å²) in [6, 6.07) is 20.1. The average Bonchev–Trinajstić information content (AvgIpc) is 2.66. The van der Waals surface area contributed by atoms with Gasteiger partial charge >= 0.3 is 37.7 Å². The first kappa shape index (κ1) is 20.7. The zero-order chi connectivity index (χ0) is 19.0. The summed E-state index contributed by atoms with van der Waals surface area (Å²) in [6.45, 7) is 0. The van der Waals surface area contributed by atoms with Crippen LogP contribution in [0.1, 0.15) is 0 Å². The second kappa shape index (κ2) is 8.14. The van der Waals surface area contributed by atoms with Crippen molar-refractivity contribution in [1.82, 2.24) is 0 Å². The molecule has 0 radical (unpaired) electrons. The van der Waals surface area contributed by atoms with Crippen molar-refractivity contribution in [3.8, 4) is 5.75 Å². The Morgan fingerprint density at radius 3 is 2.25 bits per heavy atom. The zero-order valence-electron chi connectivity index (χ0n) is 14.6. The normalized spacial score (nSPS) is 11.8. The second-order valence-electron chi connectivity index (χ2n) is 6.00. The predicted molar refractivity (Wildman–Crippen MR) is 107 cm³/mol. The fourth-order valence-corrected chi connectivity index (χ4v) is 3.39. The van der Waals surface area contributed by atoms with E-state index in [2.05, 4.69) is 10.2 Å². The van der Waals surface area contributed by atoms with Gasteiger partial charge in [0, 0.05) is 5.39 Å². The molecule has 4 aromatic rings. The molecule has 0 aliphatic heterocycles. The third kappa shape index (κ3) is 4.19. The van der Waals surface area contributed by atoms with Crippen molar-refractivity contribution < 1.29 is 18.1 Å². The Balaban J connectivity index is 0.00000225. The number of azo groups is 1. The number of fused-ring (bicyclic) bond motifs is 2. The van der Waals surface area contributed by atoms with Gasteiger partial charge in [-0.05, 0) is 46.5 Å². The molecule has 0 aliphatic rings. The van der Waals surface area contributed by atoms with Gasteiger partial charge in [0.15, 0.2) is 0 Å². The van der Waals surface area contributed by atoms with Crippen molar-refractivity contribution in [1.29, 1.82) is 0 Å². The first-order valence-electron chi connectivity index (χ1n) is 8.04. The van der Waals surface area contributed by atoms with Crippen molar-refractivity contribution in [3.63, 3.8) is 0 Å². The van der Waals surface area contributed by atoms with Gasteiger partial charge in [-0.1, -0.05) is 42.5 Å². The van der Waals surface area contributed by atoms with Crippen LogP contribution in [0.25, 0.3) is 21.5 Å². The molecule has 0 saturated heterocycles. The van der Waals surface area contributed by atoms with E-state index >= 15 is 0 Å². The molecule has 0 amide bonds. The molecule has 0 heterocycles. The molecule has 4 aromatic carbocycles. The summed E-state index contributed by atoms with van der Waals surface area (Å²) in [6.07, 6.45) is 0. The van der Waals surface area contributed by atoms with Crippen molar-refractivity contribution in [2.75, 3.05) is 0 Å². The molecule has 0 aromatic heterocycles. The number of rotatable bonds is 3. The van der Waals surface area contributed by atoms with E-state index in [-0.39, 0.29) is 48.4 Å². The molecule has 0 spiro atoms. The van der Waals surface area contributed by atoms with Crippen LogP contribution >= 0.6 is 0 Å². The SMILES string of the molecule is O=S(=O)([O-])c1ccc2cc(N=Nc3c(O)ccc4ccccc34)ccc2c1.[Ca+2]. The van der Waals surface area contributed by atoms with Crippen LogP contribution in [0, 0.1) is 0 Å². The first-order valence-corrected chi connectivity index (χ1v) is 9.45. The van der Waals surface area contributed by atoms with E-state index < -0.39 is 10.1 Å². The minimum Gasteiger partial charge on any atom is -0.744 e. The Morgan fingerprint density at radius 2 is 1.46 bits per heavy atom. The van der Waals surface area contributed by atoms with E-state index in [1.807, 2.05) is 24.3 Å². The fourth-order valence-electron chi connectivity index (χ4n) is 2.89. The van der Waals surface area contributed by atoms with Crippen molar-refractivity contribution in [3.05, 3.63) is 72.8 Å². The van der Waals surface area contributed by atoms with E-state index in [4.69, 9.17) is 0 Å². The second-order valence-corrected chi connectivity index (χ2v) is 7.38. The van der Waals surface area contributed by atoms with Crippen LogP contribution in [0.15, 0.2) is 87.9 Å². The third-order valence-electron chi connectivity index (χ3n) is 4.23. The van der Waals surface area contributed by atoms with E-state index in [0.717, 1.165) is 16.2 Å². The summed E-state index contributed by atoms with van der Waals surface area (Å²) in [5, 5.41) is 21.6. The van der Waals surface area contributed by atoms with Crippen LogP contribution < -0.4 is 0 Å². The van der Waals surface area contributed by atoms with E-state index in [1.54, 1.807) is 36.4 Å². The summed E-state index contributed by atoms with van der Waals surface area (Å²) >= 11 is 0. The van der Waals surface area contributed by atoms with Crippen molar-refractivity contribution in [2.45, 2.75) is 4.90 Å². The van der Waals surface area contributed by atoms with Crippen LogP contribution in [0.5, 0.6) is 5.75 Å². The number of hydrogen-bond donors (Lipinski definition) is 1. The van der Waals surface area contributed by atoms with Crippen LogP contribution in [-0.4, -0.2) is 55.8 Å². The van der Waals surface area contributed by atoms with Crippen molar-refractivity contribution >= 4 is 80.8 Å². The largest absolute Gasteiger partial charge is 2.00 e. The number of hydrogen-bond acceptors (Lipinski definition) is 6. The molecular formula is C20H13CaN2O4S+. The smallest absolute Gasteiger partial charge is 0.744 e. The van der Waals surface area contributed by atoms with Gasteiger partial charge in [0.1, 0.15) is 21.6 Å². The molecule has 0 unspecified atom stereocenters. The summed E-state index contributed by atoms with van der Waals surface area (Å²) in [5.74, 6) is 0.0310. The molecule has 28 heavy (non-hydrogen) atoms. The standard InChI is InChI=1S/C20H14N2O4S.Ca/c23-19-10-7-13-3-1-2-4-18(13)20(19)22-21-16-8-5-15-12-17(27(24,25)26)9-6-14(15)11-16;/h1-12,23H,(H,24,25,26);/q;+2/p-1. The third-order valence-corrected chi connectivity index (χ3v) is 5.06. The van der Waals surface area contributed by atoms with Gasteiger partial charge in [0.2, 0.25) is 0 Å². The predicted octanol–water partition coefficient (Wildman–Crippen LogP) is 4.64. The monoisotopic (exact) mass is 417 g/mol. The fraction of sp³-hybridized carbons (Fsp3) is 0. The Bertz CT molecular complexity index is 1320. The van der Waals surface area contributed by atoms with Gasteiger partial charge in [-0.2, -0.15) is 5.11 Å². The Morgan fingerprint density at radius 1 is 0.786 bits per heavy atom. The maximum atomic E-state index is 11.1. The Hall–Kier alpha value is -2.03. The van der Waals surface area contributed by atoms with Gasteiger partial charge in [0.25, 0.3) is 0 Å². The van der Waals surface area contributed by atoms with E-state index in [0.29, 0.717) is 16.8 Å². The minimum absolute atomic E-state index is 0. The van der Waals surface area contributed by atoms with Crippen LogP contribution in [0.4, 0.5) is 11.4 Å². The molecular weight excluding hydrogens is 404 g/mol. The summed E-state index contributed by atoms with van der Waals surface area (Å²) in [5.41, 5.74) is 0.911. The van der Waals surface area contributed by atoms with Gasteiger partial charge in [0.05, 0.1) is 10.6 Å². The zero-order valence-corrected chi connectivity index (χ0v) is 17.6. The molecule has 4 rings (SSSR count). The van der Waals surface area contributed by atoms with Gasteiger partial charge in [-0.25, -0.2) is 8.42 Å². The molecule has 134 valence electrons. The minimum atomic E-state index is -4.50. The topological polar surface area (TPSA) is 102 Å². The van der Waals surface area contributed by atoms with Crippen molar-refractivity contribution in [2.24, 2.45) is 10.2 Å². The van der Waals surface area contributed by atoms with Crippen LogP contribution in [0.2, 0.25) is 0 Å². The molecule has 0 aliphatic carbocycles. The van der Waals surface area contributed by atoms with Crippen LogP contribution in [0.3, 0.4) is 0 Å². The summed E-state index contributed by atoms with van der Waals surface area (Å²) in [4.78, 5) is -0.273. The molecule has 8 heteroatoms. The Labute approximate surface area is 191 Å². The van der Waals surface area contributed by atoms with Crippen LogP contribution in [-0.2, 0) is 10.1 Å². The molecule has 1 N–H and O–H groups in total. The van der Waals surface area contributed by atoms with Gasteiger partial charge in [-0.15, -0.1) is 5.11 Å². The number of aromatic hydroxyl groups is 1. The van der Waals surface area contributed by atoms with Gasteiger partial charge in [-0.3, -0.25) is 0 Å². The van der Waals surface area contributed by atoms with Gasteiger partial charge < -0.3 is 9.66 Å². The molecule has 0 fully saturated rings. The maximum Gasteiger partial charge on any atom is 2.00 e. The average molecular weight is 417 g/mol. The number of nitrogens with zero attached hydrogens (tertiary/aromatic N) is 2. The quantitative estimate of drug-likeness (QED) is 0.298. The van der Waals surface area contributed by atoms with E-state index in [9.17, 15) is 18.1 Å². The molecule has 6 nitrogen and oxygen atoms in total. The number of phenols is 1. The maximum absolute atomic E-state index is 11.1. The summed E-state index contributed by atoms with van der Waals surface area (Å²) in [7, 11) is -4.50. The first-order chi connectivity index (χ1) is 12.9. The number of benzene rings is 4. The molecule has 0 atom stereocenters. The Kier molecular flexibility index (Phi) is 6.02.